The van der Waals surface area contributed by atoms with E-state index in [4.69, 9.17) is 11.6 Å². The van der Waals surface area contributed by atoms with E-state index >= 15 is 0 Å². The molecule has 0 unspecified atom stereocenters. The van der Waals surface area contributed by atoms with Crippen LogP contribution in [-0.4, -0.2) is 21.9 Å². The number of carbonyl (C=O) groups is 1. The molecule has 0 aromatic carbocycles. The molecule has 1 amide bonds. The lowest BCUT2D eigenvalue weighted by atomic mass is 9.95. The summed E-state index contributed by atoms with van der Waals surface area (Å²) >= 11 is 7.17. The Morgan fingerprint density at radius 2 is 2.09 bits per heavy atom. The summed E-state index contributed by atoms with van der Waals surface area (Å²) in [6.07, 6.45) is 7.38. The van der Waals surface area contributed by atoms with Crippen LogP contribution >= 0.6 is 22.9 Å². The molecule has 7 heteroatoms. The summed E-state index contributed by atoms with van der Waals surface area (Å²) < 4.78 is 0. The molecular formula is C16H19ClN4OS. The van der Waals surface area contributed by atoms with Gasteiger partial charge >= 0.3 is 0 Å². The Bertz CT molecular complexity index is 680. The first-order chi connectivity index (χ1) is 11.1. The van der Waals surface area contributed by atoms with Gasteiger partial charge in [0.25, 0.3) is 5.91 Å². The van der Waals surface area contributed by atoms with Crippen LogP contribution in [0.5, 0.6) is 0 Å². The van der Waals surface area contributed by atoms with Crippen LogP contribution in [0.25, 0.3) is 0 Å². The Hall–Kier alpha value is -1.66. The number of aryl methyl sites for hydroxylation is 1. The number of rotatable bonds is 4. The molecule has 1 aliphatic carbocycles. The molecule has 2 N–H and O–H groups in total. The topological polar surface area (TPSA) is 66.9 Å². The zero-order chi connectivity index (χ0) is 16.2. The second-order valence-corrected chi connectivity index (χ2v) is 7.16. The van der Waals surface area contributed by atoms with Crippen molar-refractivity contribution in [3.63, 3.8) is 0 Å². The summed E-state index contributed by atoms with van der Waals surface area (Å²) in [7, 11) is 0. The second kappa shape index (κ2) is 7.27. The van der Waals surface area contributed by atoms with Crippen LogP contribution in [0.4, 0.5) is 10.9 Å². The quantitative estimate of drug-likeness (QED) is 0.862. The van der Waals surface area contributed by atoms with Gasteiger partial charge in [0.1, 0.15) is 10.7 Å². The molecule has 0 atom stereocenters. The summed E-state index contributed by atoms with van der Waals surface area (Å²) in [6, 6.07) is 3.83. The molecule has 1 aliphatic rings. The summed E-state index contributed by atoms with van der Waals surface area (Å²) in [5.74, 6) is 0.631. The van der Waals surface area contributed by atoms with Crippen LogP contribution in [0.1, 0.15) is 47.5 Å². The first-order valence-electron chi connectivity index (χ1n) is 7.78. The van der Waals surface area contributed by atoms with Gasteiger partial charge in [-0.3, -0.25) is 4.79 Å². The molecule has 3 rings (SSSR count). The van der Waals surface area contributed by atoms with Crippen LogP contribution in [0.15, 0.2) is 18.3 Å². The number of halogens is 1. The van der Waals surface area contributed by atoms with Crippen molar-refractivity contribution in [1.82, 2.24) is 15.3 Å². The molecule has 1 saturated carbocycles. The largest absolute Gasteiger partial charge is 0.349 e. The number of hydrogen-bond acceptors (Lipinski definition) is 5. The van der Waals surface area contributed by atoms with Crippen molar-refractivity contribution in [3.8, 4) is 0 Å². The average molecular weight is 351 g/mol. The number of aromatic nitrogens is 2. The molecule has 2 aromatic rings. The molecule has 2 heterocycles. The maximum Gasteiger partial charge on any atom is 0.263 e. The molecule has 0 bridgehead atoms. The van der Waals surface area contributed by atoms with Crippen LogP contribution in [0.3, 0.4) is 0 Å². The van der Waals surface area contributed by atoms with Gasteiger partial charge in [0, 0.05) is 12.2 Å². The lowest BCUT2D eigenvalue weighted by Gasteiger charge is -2.22. The van der Waals surface area contributed by atoms with E-state index in [9.17, 15) is 4.79 Å². The Morgan fingerprint density at radius 3 is 2.78 bits per heavy atom. The van der Waals surface area contributed by atoms with E-state index < -0.39 is 0 Å². The van der Waals surface area contributed by atoms with Gasteiger partial charge in [-0.05, 0) is 31.9 Å². The standard InChI is InChI=1S/C16H19ClN4OS/c1-10-14(15(22)20-12-5-3-2-4-6-12)23-16(19-10)21-13-8-7-11(17)9-18-13/h7-9,12H,2-6H2,1H3,(H,20,22)(H,18,19,21). The highest BCUT2D eigenvalue weighted by Crippen LogP contribution is 2.26. The fourth-order valence-corrected chi connectivity index (χ4v) is 3.71. The van der Waals surface area contributed by atoms with Crippen molar-refractivity contribution in [1.29, 1.82) is 0 Å². The Balaban J connectivity index is 1.67. The highest BCUT2D eigenvalue weighted by molar-refractivity contribution is 7.17. The molecule has 5 nitrogen and oxygen atoms in total. The lowest BCUT2D eigenvalue weighted by Crippen LogP contribution is -2.36. The highest BCUT2D eigenvalue weighted by Gasteiger charge is 2.20. The van der Waals surface area contributed by atoms with Gasteiger partial charge in [0.05, 0.1) is 10.7 Å². The van der Waals surface area contributed by atoms with E-state index in [0.29, 0.717) is 26.9 Å². The molecule has 1 fully saturated rings. The van der Waals surface area contributed by atoms with Crippen molar-refractivity contribution in [2.45, 2.75) is 45.1 Å². The van der Waals surface area contributed by atoms with E-state index in [2.05, 4.69) is 20.6 Å². The lowest BCUT2D eigenvalue weighted by molar-refractivity contribution is 0.0931. The van der Waals surface area contributed by atoms with Gasteiger partial charge in [-0.15, -0.1) is 0 Å². The summed E-state index contributed by atoms with van der Waals surface area (Å²) in [5.41, 5.74) is 0.736. The molecule has 122 valence electrons. The zero-order valence-electron chi connectivity index (χ0n) is 12.9. The molecule has 0 aliphatic heterocycles. The van der Waals surface area contributed by atoms with Gasteiger partial charge in [-0.2, -0.15) is 0 Å². The van der Waals surface area contributed by atoms with Gasteiger partial charge in [-0.1, -0.05) is 42.2 Å². The minimum atomic E-state index is -0.0241. The van der Waals surface area contributed by atoms with Crippen LogP contribution in [0.2, 0.25) is 5.02 Å². The third kappa shape index (κ3) is 4.20. The number of thiazole rings is 1. The summed E-state index contributed by atoms with van der Waals surface area (Å²) in [6.45, 7) is 1.85. The molecule has 2 aromatic heterocycles. The highest BCUT2D eigenvalue weighted by atomic mass is 35.5. The van der Waals surface area contributed by atoms with Crippen LogP contribution < -0.4 is 10.6 Å². The smallest absolute Gasteiger partial charge is 0.263 e. The Labute approximate surface area is 144 Å². The third-order valence-electron chi connectivity index (χ3n) is 3.91. The van der Waals surface area contributed by atoms with Crippen molar-refractivity contribution in [3.05, 3.63) is 33.9 Å². The first kappa shape index (κ1) is 16.2. The first-order valence-corrected chi connectivity index (χ1v) is 8.98. The zero-order valence-corrected chi connectivity index (χ0v) is 14.5. The SMILES string of the molecule is Cc1nc(Nc2ccc(Cl)cn2)sc1C(=O)NC1CCCCC1. The maximum absolute atomic E-state index is 12.4. The molecule has 23 heavy (non-hydrogen) atoms. The maximum atomic E-state index is 12.4. The summed E-state index contributed by atoms with van der Waals surface area (Å²) in [5, 5.41) is 7.48. The van der Waals surface area contributed by atoms with Crippen molar-refractivity contribution in [2.75, 3.05) is 5.32 Å². The number of hydrogen-bond donors (Lipinski definition) is 2. The van der Waals surface area contributed by atoms with Crippen LogP contribution in [-0.2, 0) is 0 Å². The normalized spacial score (nSPS) is 15.4. The van der Waals surface area contributed by atoms with Crippen molar-refractivity contribution < 1.29 is 4.79 Å². The number of nitrogens with one attached hydrogen (secondary N) is 2. The predicted molar refractivity (Wildman–Crippen MR) is 93.7 cm³/mol. The van der Waals surface area contributed by atoms with E-state index in [1.165, 1.54) is 30.6 Å². The van der Waals surface area contributed by atoms with Gasteiger partial charge in [0.2, 0.25) is 0 Å². The summed E-state index contributed by atoms with van der Waals surface area (Å²) in [4.78, 5) is 21.7. The van der Waals surface area contributed by atoms with Crippen LogP contribution in [0, 0.1) is 6.92 Å². The second-order valence-electron chi connectivity index (χ2n) is 5.73. The monoisotopic (exact) mass is 350 g/mol. The average Bonchev–Trinajstić information content (AvgIpc) is 2.91. The minimum absolute atomic E-state index is 0.0241. The Morgan fingerprint density at radius 1 is 1.30 bits per heavy atom. The van der Waals surface area contributed by atoms with Gasteiger partial charge in [0.15, 0.2) is 5.13 Å². The van der Waals surface area contributed by atoms with E-state index in [1.807, 2.05) is 6.92 Å². The molecule has 0 radical (unpaired) electrons. The van der Waals surface area contributed by atoms with E-state index in [1.54, 1.807) is 18.3 Å². The van der Waals surface area contributed by atoms with Crippen molar-refractivity contribution >= 4 is 39.8 Å². The number of carbonyl (C=O) groups excluding carboxylic acids is 1. The predicted octanol–water partition coefficient (Wildman–Crippen LogP) is 4.31. The van der Waals surface area contributed by atoms with Crippen molar-refractivity contribution in [2.24, 2.45) is 0 Å². The molecule has 0 spiro atoms. The number of anilines is 2. The molecular weight excluding hydrogens is 332 g/mol. The number of nitrogens with zero attached hydrogens (tertiary/aromatic N) is 2. The minimum Gasteiger partial charge on any atom is -0.349 e. The Kier molecular flexibility index (Phi) is 5.13. The van der Waals surface area contributed by atoms with E-state index in [-0.39, 0.29) is 5.91 Å². The number of amides is 1. The van der Waals surface area contributed by atoms with Gasteiger partial charge in [-0.25, -0.2) is 9.97 Å². The molecule has 0 saturated heterocycles. The van der Waals surface area contributed by atoms with Gasteiger partial charge < -0.3 is 10.6 Å². The third-order valence-corrected chi connectivity index (χ3v) is 5.20. The number of pyridine rings is 1. The van der Waals surface area contributed by atoms with E-state index in [0.717, 1.165) is 18.5 Å². The fourth-order valence-electron chi connectivity index (χ4n) is 2.72. The fraction of sp³-hybridized carbons (Fsp3) is 0.438.